The van der Waals surface area contributed by atoms with Crippen molar-refractivity contribution in [2.75, 3.05) is 13.1 Å². The van der Waals surface area contributed by atoms with Gasteiger partial charge in [-0.15, -0.1) is 0 Å². The number of rotatable bonds is 6. The second kappa shape index (κ2) is 6.50. The van der Waals surface area contributed by atoms with Crippen LogP contribution in [0.15, 0.2) is 22.7 Å². The van der Waals surface area contributed by atoms with Crippen LogP contribution in [0, 0.1) is 5.82 Å². The maximum Gasteiger partial charge on any atom is 0.137 e. The van der Waals surface area contributed by atoms with Crippen LogP contribution in [-0.4, -0.2) is 13.1 Å². The normalized spacial score (nSPS) is 11.8. The first-order valence-corrected chi connectivity index (χ1v) is 6.93. The zero-order valence-corrected chi connectivity index (χ0v) is 12.4. The molecule has 0 aliphatic rings. The van der Waals surface area contributed by atoms with E-state index in [1.165, 1.54) is 11.6 Å². The lowest BCUT2D eigenvalue weighted by molar-refractivity contribution is 0.456. The Morgan fingerprint density at radius 2 is 2.00 bits per heavy atom. The van der Waals surface area contributed by atoms with Gasteiger partial charge in [0.2, 0.25) is 0 Å². The fourth-order valence-electron chi connectivity index (χ4n) is 1.76. The van der Waals surface area contributed by atoms with Crippen LogP contribution in [0.3, 0.4) is 0 Å². The van der Waals surface area contributed by atoms with Crippen molar-refractivity contribution >= 4 is 15.9 Å². The van der Waals surface area contributed by atoms with E-state index in [1.807, 2.05) is 12.1 Å². The molecule has 0 aliphatic heterocycles. The molecule has 0 spiro atoms. The molecule has 0 radical (unpaired) electrons. The molecule has 3 heteroatoms. The molecule has 1 rings (SSSR count). The average Bonchev–Trinajstić information content (AvgIpc) is 2.28. The van der Waals surface area contributed by atoms with Crippen LogP contribution in [0.5, 0.6) is 0 Å². The van der Waals surface area contributed by atoms with Gasteiger partial charge in [0, 0.05) is 0 Å². The summed E-state index contributed by atoms with van der Waals surface area (Å²) in [4.78, 5) is 0. The molecule has 96 valence electrons. The van der Waals surface area contributed by atoms with Crippen LogP contribution in [-0.2, 0) is 5.41 Å². The van der Waals surface area contributed by atoms with E-state index in [0.29, 0.717) is 4.47 Å². The first-order valence-electron chi connectivity index (χ1n) is 6.13. The topological polar surface area (TPSA) is 12.0 Å². The predicted octanol–water partition coefficient (Wildman–Crippen LogP) is 4.26. The molecule has 1 N–H and O–H groups in total. The fraction of sp³-hybridized carbons (Fsp3) is 0.571. The summed E-state index contributed by atoms with van der Waals surface area (Å²) in [5, 5.41) is 3.40. The summed E-state index contributed by atoms with van der Waals surface area (Å²) in [7, 11) is 0. The standard InChI is InChI=1S/C14H21BrFN/c1-4-8-17-9-7-14(2,3)11-5-6-13(16)12(15)10-11/h5-6,10,17H,4,7-9H2,1-3H3. The predicted molar refractivity (Wildman–Crippen MR) is 74.9 cm³/mol. The van der Waals surface area contributed by atoms with Crippen LogP contribution in [0.2, 0.25) is 0 Å². The second-order valence-corrected chi connectivity index (χ2v) is 5.87. The van der Waals surface area contributed by atoms with E-state index >= 15 is 0 Å². The number of halogens is 2. The first kappa shape index (κ1) is 14.7. The third-order valence-electron chi connectivity index (χ3n) is 3.05. The van der Waals surface area contributed by atoms with Crippen LogP contribution in [0.1, 0.15) is 39.2 Å². The number of nitrogens with one attached hydrogen (secondary N) is 1. The molecule has 1 aromatic rings. The van der Waals surface area contributed by atoms with Crippen molar-refractivity contribution in [3.63, 3.8) is 0 Å². The smallest absolute Gasteiger partial charge is 0.137 e. The van der Waals surface area contributed by atoms with Gasteiger partial charge in [0.05, 0.1) is 4.47 Å². The summed E-state index contributed by atoms with van der Waals surface area (Å²) in [6.45, 7) is 8.61. The zero-order valence-electron chi connectivity index (χ0n) is 10.8. The van der Waals surface area contributed by atoms with E-state index in [2.05, 4.69) is 42.0 Å². The molecule has 0 aromatic heterocycles. The van der Waals surface area contributed by atoms with E-state index in [0.717, 1.165) is 25.9 Å². The Kier molecular flexibility index (Phi) is 5.60. The van der Waals surface area contributed by atoms with Gasteiger partial charge in [-0.2, -0.15) is 0 Å². The van der Waals surface area contributed by atoms with Gasteiger partial charge in [-0.1, -0.05) is 26.8 Å². The van der Waals surface area contributed by atoms with Gasteiger partial charge in [-0.25, -0.2) is 4.39 Å². The molecule has 0 bridgehead atoms. The van der Waals surface area contributed by atoms with E-state index in [4.69, 9.17) is 0 Å². The van der Waals surface area contributed by atoms with Crippen LogP contribution < -0.4 is 5.32 Å². The van der Waals surface area contributed by atoms with Crippen molar-refractivity contribution in [2.24, 2.45) is 0 Å². The lowest BCUT2D eigenvalue weighted by atomic mass is 9.81. The average molecular weight is 302 g/mol. The van der Waals surface area contributed by atoms with Gasteiger partial charge in [-0.3, -0.25) is 0 Å². The Balaban J connectivity index is 2.64. The second-order valence-electron chi connectivity index (χ2n) is 5.01. The van der Waals surface area contributed by atoms with Gasteiger partial charge >= 0.3 is 0 Å². The summed E-state index contributed by atoms with van der Waals surface area (Å²) < 4.78 is 13.7. The summed E-state index contributed by atoms with van der Waals surface area (Å²) in [5.41, 5.74) is 1.24. The van der Waals surface area contributed by atoms with Gasteiger partial charge in [-0.05, 0) is 65.0 Å². The van der Waals surface area contributed by atoms with Crippen LogP contribution >= 0.6 is 15.9 Å². The largest absolute Gasteiger partial charge is 0.317 e. The van der Waals surface area contributed by atoms with Crippen molar-refractivity contribution < 1.29 is 4.39 Å². The fourth-order valence-corrected chi connectivity index (χ4v) is 2.14. The molecule has 1 aromatic carbocycles. The molecule has 0 fully saturated rings. The molecule has 0 unspecified atom stereocenters. The van der Waals surface area contributed by atoms with Gasteiger partial charge in [0.15, 0.2) is 0 Å². The van der Waals surface area contributed by atoms with Gasteiger partial charge in [0.1, 0.15) is 5.82 Å². The Labute approximate surface area is 112 Å². The molecule has 0 amide bonds. The maximum absolute atomic E-state index is 13.2. The minimum atomic E-state index is -0.200. The summed E-state index contributed by atoms with van der Waals surface area (Å²) in [5.74, 6) is -0.200. The Morgan fingerprint density at radius 1 is 1.29 bits per heavy atom. The van der Waals surface area contributed by atoms with Crippen LogP contribution in [0.25, 0.3) is 0 Å². The zero-order chi connectivity index (χ0) is 12.9. The Bertz CT molecular complexity index is 363. The van der Waals surface area contributed by atoms with Crippen molar-refractivity contribution in [1.29, 1.82) is 0 Å². The molecule has 0 aliphatic carbocycles. The van der Waals surface area contributed by atoms with E-state index in [1.54, 1.807) is 0 Å². The highest BCUT2D eigenvalue weighted by molar-refractivity contribution is 9.10. The van der Waals surface area contributed by atoms with E-state index in [9.17, 15) is 4.39 Å². The quantitative estimate of drug-likeness (QED) is 0.774. The van der Waals surface area contributed by atoms with Crippen molar-refractivity contribution in [3.05, 3.63) is 34.1 Å². The molecule has 0 heterocycles. The van der Waals surface area contributed by atoms with Crippen LogP contribution in [0.4, 0.5) is 4.39 Å². The summed E-state index contributed by atoms with van der Waals surface area (Å²) in [6.07, 6.45) is 2.20. The van der Waals surface area contributed by atoms with Crippen molar-refractivity contribution in [3.8, 4) is 0 Å². The lowest BCUT2D eigenvalue weighted by Crippen LogP contribution is -2.26. The minimum absolute atomic E-state index is 0.0664. The Morgan fingerprint density at radius 3 is 2.59 bits per heavy atom. The molecular weight excluding hydrogens is 281 g/mol. The number of benzene rings is 1. The highest BCUT2D eigenvalue weighted by Crippen LogP contribution is 2.29. The molecule has 0 atom stereocenters. The highest BCUT2D eigenvalue weighted by atomic mass is 79.9. The highest BCUT2D eigenvalue weighted by Gasteiger charge is 2.20. The van der Waals surface area contributed by atoms with E-state index < -0.39 is 0 Å². The molecule has 0 saturated carbocycles. The first-order chi connectivity index (χ1) is 7.97. The molecule has 17 heavy (non-hydrogen) atoms. The molecule has 0 saturated heterocycles. The number of hydrogen-bond acceptors (Lipinski definition) is 1. The molecule has 1 nitrogen and oxygen atoms in total. The van der Waals surface area contributed by atoms with Gasteiger partial charge < -0.3 is 5.32 Å². The summed E-state index contributed by atoms with van der Waals surface area (Å²) >= 11 is 3.24. The van der Waals surface area contributed by atoms with E-state index in [-0.39, 0.29) is 11.2 Å². The Hall–Kier alpha value is -0.410. The minimum Gasteiger partial charge on any atom is -0.317 e. The number of hydrogen-bond donors (Lipinski definition) is 1. The third kappa shape index (κ3) is 4.40. The summed E-state index contributed by atoms with van der Waals surface area (Å²) in [6, 6.07) is 5.29. The third-order valence-corrected chi connectivity index (χ3v) is 3.66. The monoisotopic (exact) mass is 301 g/mol. The lowest BCUT2D eigenvalue weighted by Gasteiger charge is -2.25. The maximum atomic E-state index is 13.2. The van der Waals surface area contributed by atoms with Crippen molar-refractivity contribution in [2.45, 2.75) is 39.0 Å². The van der Waals surface area contributed by atoms with Crippen molar-refractivity contribution in [1.82, 2.24) is 5.32 Å². The van der Waals surface area contributed by atoms with Gasteiger partial charge in [0.25, 0.3) is 0 Å². The molecular formula is C14H21BrFN. The SMILES string of the molecule is CCCNCCC(C)(C)c1ccc(F)c(Br)c1.